The minimum absolute atomic E-state index is 0. The lowest BCUT2D eigenvalue weighted by Gasteiger charge is -2.30. The summed E-state index contributed by atoms with van der Waals surface area (Å²) in [7, 11) is 4.80. The third kappa shape index (κ3) is 14.3. The molecule has 25 heavy (non-hydrogen) atoms. The molecule has 0 radical (unpaired) electrons. The van der Waals surface area contributed by atoms with Crippen molar-refractivity contribution in [3.8, 4) is 0 Å². The van der Waals surface area contributed by atoms with Gasteiger partial charge < -0.3 is 16.9 Å². The van der Waals surface area contributed by atoms with Crippen LogP contribution in [0.3, 0.4) is 0 Å². The van der Waals surface area contributed by atoms with Gasteiger partial charge in [0.05, 0.1) is 27.2 Å². The Morgan fingerprint density at radius 1 is 0.640 bits per heavy atom. The third-order valence-corrected chi connectivity index (χ3v) is 5.19. The fourth-order valence-electron chi connectivity index (χ4n) is 3.49. The van der Waals surface area contributed by atoms with Crippen molar-refractivity contribution in [2.45, 2.75) is 84.0 Å². The first-order valence-electron chi connectivity index (χ1n) is 10.5. The fourth-order valence-corrected chi connectivity index (χ4v) is 3.49. The molecule has 1 aromatic rings. The summed E-state index contributed by atoms with van der Waals surface area (Å²) < 4.78 is 1.18. The van der Waals surface area contributed by atoms with E-state index in [-0.39, 0.29) is 12.4 Å². The van der Waals surface area contributed by atoms with Crippen LogP contribution in [0.25, 0.3) is 0 Å². The summed E-state index contributed by atoms with van der Waals surface area (Å²) in [4.78, 5) is 0. The molecule has 0 bridgehead atoms. The molecule has 0 aliphatic rings. The van der Waals surface area contributed by atoms with Crippen molar-refractivity contribution in [2.24, 2.45) is 0 Å². The molecule has 0 heterocycles. The molecule has 1 nitrogen and oxygen atoms in total. The number of halogens is 1. The highest BCUT2D eigenvalue weighted by Gasteiger charge is 2.13. The molecule has 0 aromatic heterocycles. The molecule has 1 rings (SSSR count). The van der Waals surface area contributed by atoms with Crippen LogP contribution in [0.2, 0.25) is 0 Å². The van der Waals surface area contributed by atoms with Gasteiger partial charge in [0, 0.05) is 6.42 Å². The summed E-state index contributed by atoms with van der Waals surface area (Å²) in [5.74, 6) is 0. The summed E-state index contributed by atoms with van der Waals surface area (Å²) in [6.07, 6.45) is 16.9. The second-order valence-corrected chi connectivity index (χ2v) is 8.15. The quantitative estimate of drug-likeness (QED) is 0.328. The number of benzene rings is 1. The predicted molar refractivity (Wildman–Crippen MR) is 108 cm³/mol. The van der Waals surface area contributed by atoms with Gasteiger partial charge in [-0.25, -0.2) is 0 Å². The van der Waals surface area contributed by atoms with Gasteiger partial charge >= 0.3 is 0 Å². The average molecular weight is 368 g/mol. The van der Waals surface area contributed by atoms with Crippen LogP contribution in [0.1, 0.15) is 83.1 Å². The van der Waals surface area contributed by atoms with E-state index in [1.54, 1.807) is 0 Å². The van der Waals surface area contributed by atoms with E-state index in [4.69, 9.17) is 0 Å². The molecule has 0 N–H and O–H groups in total. The molecule has 0 atom stereocenters. The van der Waals surface area contributed by atoms with Crippen molar-refractivity contribution < 1.29 is 16.9 Å². The summed E-state index contributed by atoms with van der Waals surface area (Å²) >= 11 is 0. The van der Waals surface area contributed by atoms with Crippen LogP contribution >= 0.6 is 0 Å². The Hall–Kier alpha value is -0.530. The van der Waals surface area contributed by atoms with Gasteiger partial charge in [-0.15, -0.1) is 0 Å². The summed E-state index contributed by atoms with van der Waals surface area (Å²) in [6, 6.07) is 10.9. The number of unbranched alkanes of at least 4 members (excludes halogenated alkanes) is 9. The molecule has 0 spiro atoms. The zero-order valence-corrected chi connectivity index (χ0v) is 17.9. The molecule has 0 saturated heterocycles. The Kier molecular flexibility index (Phi) is 15.4. The molecule has 2 heteroatoms. The number of rotatable bonds is 15. The molecule has 1 aromatic carbocycles. The Morgan fingerprint density at radius 3 is 1.68 bits per heavy atom. The van der Waals surface area contributed by atoms with Crippen LogP contribution in [0.4, 0.5) is 0 Å². The maximum Gasteiger partial charge on any atom is 0.0785 e. The molecule has 0 unspecified atom stereocenters. The predicted octanol–water partition coefficient (Wildman–Crippen LogP) is 3.62. The lowest BCUT2D eigenvalue weighted by atomic mass is 10.1. The normalized spacial score (nSPS) is 11.3. The largest absolute Gasteiger partial charge is 1.00 e. The van der Waals surface area contributed by atoms with E-state index in [2.05, 4.69) is 51.4 Å². The van der Waals surface area contributed by atoms with E-state index < -0.39 is 0 Å². The van der Waals surface area contributed by atoms with E-state index in [1.807, 2.05) is 0 Å². The minimum atomic E-state index is 0. The fraction of sp³-hybridized carbons (Fsp3) is 0.739. The molecule has 0 amide bonds. The lowest BCUT2D eigenvalue weighted by Crippen LogP contribution is -3.00. The van der Waals surface area contributed by atoms with Gasteiger partial charge in [0.15, 0.2) is 0 Å². The monoisotopic (exact) mass is 367 g/mol. The van der Waals surface area contributed by atoms with Crippen LogP contribution in [0.5, 0.6) is 0 Å². The molecule has 0 aliphatic carbocycles. The number of quaternary nitrogens is 1. The Balaban J connectivity index is 0.00000576. The van der Waals surface area contributed by atoms with Crippen LogP contribution in [0, 0.1) is 0 Å². The lowest BCUT2D eigenvalue weighted by molar-refractivity contribution is -0.890. The highest BCUT2D eigenvalue weighted by molar-refractivity contribution is 5.14. The highest BCUT2D eigenvalue weighted by Crippen LogP contribution is 2.12. The van der Waals surface area contributed by atoms with Gasteiger partial charge in [0.1, 0.15) is 0 Å². The molecular formula is C23H42ClN. The summed E-state index contributed by atoms with van der Waals surface area (Å²) in [5.41, 5.74) is 1.48. The Bertz CT molecular complexity index is 388. The maximum absolute atomic E-state index is 2.40. The molecular weight excluding hydrogens is 326 g/mol. The number of hydrogen-bond donors (Lipinski definition) is 0. The van der Waals surface area contributed by atoms with Crippen LogP contribution < -0.4 is 12.4 Å². The van der Waals surface area contributed by atoms with E-state index in [9.17, 15) is 0 Å². The first-order valence-corrected chi connectivity index (χ1v) is 10.5. The van der Waals surface area contributed by atoms with Crippen LogP contribution in [-0.2, 0) is 6.42 Å². The molecule has 0 saturated carbocycles. The third-order valence-electron chi connectivity index (χ3n) is 5.19. The van der Waals surface area contributed by atoms with Gasteiger partial charge in [0.25, 0.3) is 0 Å². The zero-order valence-electron chi connectivity index (χ0n) is 17.1. The van der Waals surface area contributed by atoms with E-state index in [0.717, 1.165) is 0 Å². The zero-order chi connectivity index (χ0) is 17.5. The number of nitrogens with zero attached hydrogens (tertiary/aromatic N) is 1. The second kappa shape index (κ2) is 15.7. The first kappa shape index (κ1) is 24.5. The maximum atomic E-state index is 2.40. The smallest absolute Gasteiger partial charge is 0.0785 e. The van der Waals surface area contributed by atoms with Crippen molar-refractivity contribution in [3.63, 3.8) is 0 Å². The standard InChI is InChI=1S/C23H42N.ClH/c1-4-5-6-7-8-9-10-11-12-16-21-24(2,3)22-17-20-23-18-14-13-15-19-23;/h13-15,18-19H,4-12,16-17,20-22H2,1-3H3;1H/q+1;/p-1. The van der Waals surface area contributed by atoms with E-state index >= 15 is 0 Å². The van der Waals surface area contributed by atoms with E-state index in [1.165, 1.54) is 100 Å². The van der Waals surface area contributed by atoms with Gasteiger partial charge in [0.2, 0.25) is 0 Å². The van der Waals surface area contributed by atoms with Gasteiger partial charge in [-0.1, -0.05) is 88.6 Å². The topological polar surface area (TPSA) is 0 Å². The molecule has 146 valence electrons. The summed E-state index contributed by atoms with van der Waals surface area (Å²) in [5, 5.41) is 0. The van der Waals surface area contributed by atoms with E-state index in [0.29, 0.717) is 0 Å². The average Bonchev–Trinajstić information content (AvgIpc) is 2.57. The Labute approximate surface area is 164 Å². The van der Waals surface area contributed by atoms with Crippen molar-refractivity contribution in [3.05, 3.63) is 35.9 Å². The van der Waals surface area contributed by atoms with Gasteiger partial charge in [-0.3, -0.25) is 0 Å². The number of aryl methyl sites for hydroxylation is 1. The van der Waals surface area contributed by atoms with Crippen molar-refractivity contribution >= 4 is 0 Å². The van der Waals surface area contributed by atoms with Crippen LogP contribution in [-0.4, -0.2) is 31.7 Å². The molecule has 0 aliphatic heterocycles. The highest BCUT2D eigenvalue weighted by atomic mass is 35.5. The molecule has 0 fully saturated rings. The van der Waals surface area contributed by atoms with Crippen molar-refractivity contribution in [1.82, 2.24) is 0 Å². The second-order valence-electron chi connectivity index (χ2n) is 8.15. The first-order chi connectivity index (χ1) is 11.6. The van der Waals surface area contributed by atoms with Crippen LogP contribution in [0.15, 0.2) is 30.3 Å². The summed E-state index contributed by atoms with van der Waals surface area (Å²) in [6.45, 7) is 4.93. The SMILES string of the molecule is CCCCCCCCCCCC[N+](C)(C)CCCc1ccccc1.[Cl-]. The van der Waals surface area contributed by atoms with Gasteiger partial charge in [-0.2, -0.15) is 0 Å². The Morgan fingerprint density at radius 2 is 1.12 bits per heavy atom. The minimum Gasteiger partial charge on any atom is -1.00 e. The van der Waals surface area contributed by atoms with Gasteiger partial charge in [-0.05, 0) is 24.8 Å². The van der Waals surface area contributed by atoms with Crippen molar-refractivity contribution in [2.75, 3.05) is 27.2 Å². The number of hydrogen-bond acceptors (Lipinski definition) is 0. The van der Waals surface area contributed by atoms with Crippen molar-refractivity contribution in [1.29, 1.82) is 0 Å².